The van der Waals surface area contributed by atoms with Crippen molar-refractivity contribution in [2.24, 2.45) is 5.92 Å². The van der Waals surface area contributed by atoms with Crippen LogP contribution >= 0.6 is 11.6 Å². The predicted molar refractivity (Wildman–Crippen MR) is 106 cm³/mol. The van der Waals surface area contributed by atoms with Crippen molar-refractivity contribution in [1.82, 2.24) is 14.7 Å². The first-order chi connectivity index (χ1) is 13.6. The van der Waals surface area contributed by atoms with Crippen LogP contribution in [0.5, 0.6) is 0 Å². The van der Waals surface area contributed by atoms with Crippen molar-refractivity contribution >= 4 is 23.4 Å². The van der Waals surface area contributed by atoms with Crippen molar-refractivity contribution in [3.8, 4) is 0 Å². The Balaban J connectivity index is 1.27. The summed E-state index contributed by atoms with van der Waals surface area (Å²) in [5, 5.41) is 0.747. The Labute approximate surface area is 169 Å². The molecular formula is C21H24ClN3O3. The summed E-state index contributed by atoms with van der Waals surface area (Å²) in [6, 6.07) is 11.5. The van der Waals surface area contributed by atoms with E-state index in [9.17, 15) is 9.59 Å². The van der Waals surface area contributed by atoms with E-state index >= 15 is 0 Å². The highest BCUT2D eigenvalue weighted by molar-refractivity contribution is 6.30. The first kappa shape index (κ1) is 19.0. The summed E-state index contributed by atoms with van der Waals surface area (Å²) >= 11 is 6.06. The topological polar surface area (TPSA) is 57.0 Å². The quantitative estimate of drug-likeness (QED) is 0.772. The average Bonchev–Trinajstić information content (AvgIpc) is 3.32. The van der Waals surface area contributed by atoms with Gasteiger partial charge in [0.1, 0.15) is 5.76 Å². The lowest BCUT2D eigenvalue weighted by Crippen LogP contribution is -2.50. The molecule has 0 radical (unpaired) electrons. The Kier molecular flexibility index (Phi) is 5.69. The first-order valence-corrected chi connectivity index (χ1v) is 10.0. The second-order valence-corrected chi connectivity index (χ2v) is 7.92. The number of amides is 2. The maximum Gasteiger partial charge on any atom is 0.228 e. The molecule has 0 bridgehead atoms. The third-order valence-corrected chi connectivity index (χ3v) is 5.70. The van der Waals surface area contributed by atoms with Crippen LogP contribution in [0.4, 0.5) is 0 Å². The number of carbonyl (C=O) groups excluding carboxylic acids is 2. The van der Waals surface area contributed by atoms with Crippen molar-refractivity contribution in [3.63, 3.8) is 0 Å². The molecule has 3 heterocycles. The first-order valence-electron chi connectivity index (χ1n) is 9.64. The van der Waals surface area contributed by atoms with Gasteiger partial charge >= 0.3 is 0 Å². The summed E-state index contributed by atoms with van der Waals surface area (Å²) in [6.07, 6.45) is 1.89. The highest BCUT2D eigenvalue weighted by atomic mass is 35.5. The minimum atomic E-state index is -0.248. The van der Waals surface area contributed by atoms with Gasteiger partial charge in [-0.25, -0.2) is 0 Å². The second kappa shape index (κ2) is 8.37. The van der Waals surface area contributed by atoms with Gasteiger partial charge in [-0.2, -0.15) is 0 Å². The maximum absolute atomic E-state index is 12.9. The Bertz CT molecular complexity index is 831. The summed E-state index contributed by atoms with van der Waals surface area (Å²) in [6.45, 7) is 4.79. The second-order valence-electron chi connectivity index (χ2n) is 7.49. The predicted octanol–water partition coefficient (Wildman–Crippen LogP) is 2.63. The molecule has 0 saturated carbocycles. The van der Waals surface area contributed by atoms with Crippen LogP contribution in [0.3, 0.4) is 0 Å². The molecule has 1 atom stereocenters. The van der Waals surface area contributed by atoms with E-state index in [2.05, 4.69) is 11.0 Å². The molecule has 0 spiro atoms. The Hall–Kier alpha value is -2.31. The molecule has 148 valence electrons. The molecule has 6 nitrogen and oxygen atoms in total. The monoisotopic (exact) mass is 401 g/mol. The van der Waals surface area contributed by atoms with Gasteiger partial charge < -0.3 is 14.2 Å². The molecule has 0 aliphatic carbocycles. The van der Waals surface area contributed by atoms with E-state index in [-0.39, 0.29) is 17.7 Å². The largest absolute Gasteiger partial charge is 0.467 e. The van der Waals surface area contributed by atoms with E-state index in [0.717, 1.165) is 30.4 Å². The molecule has 4 rings (SSSR count). The molecule has 2 fully saturated rings. The lowest BCUT2D eigenvalue weighted by molar-refractivity contribution is -0.137. The van der Waals surface area contributed by atoms with E-state index < -0.39 is 0 Å². The molecule has 1 aromatic carbocycles. The number of likely N-dealkylation sites (tertiary alicyclic amines) is 1. The Morgan fingerprint density at radius 3 is 2.64 bits per heavy atom. The van der Waals surface area contributed by atoms with Gasteiger partial charge in [0.25, 0.3) is 0 Å². The summed E-state index contributed by atoms with van der Waals surface area (Å²) < 4.78 is 5.32. The number of hydrogen-bond acceptors (Lipinski definition) is 4. The standard InChI is InChI=1S/C21H24ClN3O3/c22-18-4-1-3-16(11-18)13-23-6-8-24(9-7-23)21(27)17-12-20(26)25(14-17)15-19-5-2-10-28-19/h1-5,10-11,17H,6-9,12-15H2. The zero-order valence-corrected chi connectivity index (χ0v) is 16.5. The smallest absolute Gasteiger partial charge is 0.228 e. The molecule has 2 aliphatic heterocycles. The Morgan fingerprint density at radius 1 is 1.11 bits per heavy atom. The number of nitrogens with zero attached hydrogens (tertiary/aromatic N) is 3. The van der Waals surface area contributed by atoms with Gasteiger partial charge in [0, 0.05) is 50.7 Å². The van der Waals surface area contributed by atoms with Gasteiger partial charge in [0.2, 0.25) is 11.8 Å². The van der Waals surface area contributed by atoms with E-state index in [1.54, 1.807) is 17.2 Å². The van der Waals surface area contributed by atoms with Gasteiger partial charge in [-0.3, -0.25) is 14.5 Å². The normalized spacial score (nSPS) is 20.8. The fourth-order valence-corrected chi connectivity index (χ4v) is 4.17. The molecule has 1 aromatic heterocycles. The zero-order valence-electron chi connectivity index (χ0n) is 15.7. The van der Waals surface area contributed by atoms with Crippen LogP contribution in [0.25, 0.3) is 0 Å². The number of piperazine rings is 1. The minimum absolute atomic E-state index is 0.0225. The van der Waals surface area contributed by atoms with Crippen molar-refractivity contribution in [3.05, 3.63) is 59.0 Å². The lowest BCUT2D eigenvalue weighted by atomic mass is 10.1. The SMILES string of the molecule is O=C1CC(C(=O)N2CCN(Cc3cccc(Cl)c3)CC2)CN1Cc1ccco1. The van der Waals surface area contributed by atoms with Gasteiger partial charge in [-0.05, 0) is 29.8 Å². The van der Waals surface area contributed by atoms with Crippen LogP contribution in [-0.2, 0) is 22.7 Å². The summed E-state index contributed by atoms with van der Waals surface area (Å²) in [5.74, 6) is 0.616. The van der Waals surface area contributed by atoms with Crippen LogP contribution in [0.15, 0.2) is 47.1 Å². The summed E-state index contributed by atoms with van der Waals surface area (Å²) in [4.78, 5) is 31.1. The van der Waals surface area contributed by atoms with Crippen molar-refractivity contribution in [2.45, 2.75) is 19.5 Å². The third-order valence-electron chi connectivity index (χ3n) is 5.47. The van der Waals surface area contributed by atoms with Crippen molar-refractivity contribution in [1.29, 1.82) is 0 Å². The maximum atomic E-state index is 12.9. The molecule has 0 N–H and O–H groups in total. The lowest BCUT2D eigenvalue weighted by Gasteiger charge is -2.36. The molecule has 7 heteroatoms. The van der Waals surface area contributed by atoms with Gasteiger partial charge in [0.15, 0.2) is 0 Å². The molecule has 2 aliphatic rings. The van der Waals surface area contributed by atoms with Crippen LogP contribution in [0, 0.1) is 5.92 Å². The Morgan fingerprint density at radius 2 is 1.93 bits per heavy atom. The van der Waals surface area contributed by atoms with Gasteiger partial charge in [-0.1, -0.05) is 23.7 Å². The number of rotatable bonds is 5. The van der Waals surface area contributed by atoms with E-state index in [4.69, 9.17) is 16.0 Å². The van der Waals surface area contributed by atoms with Gasteiger partial charge in [-0.15, -0.1) is 0 Å². The molecule has 2 saturated heterocycles. The average molecular weight is 402 g/mol. The fourth-order valence-electron chi connectivity index (χ4n) is 3.96. The van der Waals surface area contributed by atoms with Crippen LogP contribution in [0.2, 0.25) is 5.02 Å². The molecule has 1 unspecified atom stereocenters. The van der Waals surface area contributed by atoms with Crippen molar-refractivity contribution < 1.29 is 14.0 Å². The molecular weight excluding hydrogens is 378 g/mol. The molecule has 28 heavy (non-hydrogen) atoms. The number of furan rings is 1. The number of hydrogen-bond donors (Lipinski definition) is 0. The van der Waals surface area contributed by atoms with Crippen LogP contribution in [0.1, 0.15) is 17.7 Å². The highest BCUT2D eigenvalue weighted by Gasteiger charge is 2.37. The number of benzene rings is 1. The highest BCUT2D eigenvalue weighted by Crippen LogP contribution is 2.23. The summed E-state index contributed by atoms with van der Waals surface area (Å²) in [5.41, 5.74) is 1.18. The number of carbonyl (C=O) groups is 2. The minimum Gasteiger partial charge on any atom is -0.467 e. The van der Waals surface area contributed by atoms with Crippen molar-refractivity contribution in [2.75, 3.05) is 32.7 Å². The van der Waals surface area contributed by atoms with Gasteiger partial charge in [0.05, 0.1) is 18.7 Å². The van der Waals surface area contributed by atoms with E-state index in [1.165, 1.54) is 5.56 Å². The fraction of sp³-hybridized carbons (Fsp3) is 0.429. The third kappa shape index (κ3) is 4.39. The molecule has 2 amide bonds. The summed E-state index contributed by atoms with van der Waals surface area (Å²) in [7, 11) is 0. The van der Waals surface area contributed by atoms with Crippen LogP contribution in [-0.4, -0.2) is 59.2 Å². The zero-order chi connectivity index (χ0) is 19.5. The van der Waals surface area contributed by atoms with Crippen LogP contribution < -0.4 is 0 Å². The van der Waals surface area contributed by atoms with E-state index in [1.807, 2.05) is 29.2 Å². The number of halogens is 1. The van der Waals surface area contributed by atoms with E-state index in [0.29, 0.717) is 32.6 Å². The molecule has 2 aromatic rings.